The third-order valence-electron chi connectivity index (χ3n) is 5.58. The summed E-state index contributed by atoms with van der Waals surface area (Å²) in [5, 5.41) is 0. The summed E-state index contributed by atoms with van der Waals surface area (Å²) in [5.74, 6) is 1.14. The van der Waals surface area contributed by atoms with Gasteiger partial charge < -0.3 is 6.15 Å². The summed E-state index contributed by atoms with van der Waals surface area (Å²) < 4.78 is 0. The van der Waals surface area contributed by atoms with Crippen LogP contribution in [0.2, 0.25) is 0 Å². The minimum Gasteiger partial charge on any atom is -0.344 e. The van der Waals surface area contributed by atoms with E-state index in [0.29, 0.717) is 11.8 Å². The number of unbranched alkanes of at least 4 members (excludes halogenated alkanes) is 12. The maximum Gasteiger partial charge on any atom is 0.0492 e. The molecule has 1 nitrogen and oxygen atoms in total. The highest BCUT2D eigenvalue weighted by atomic mass is 35.5. The molecule has 0 fully saturated rings. The van der Waals surface area contributed by atoms with Gasteiger partial charge in [0.1, 0.15) is 0 Å². The molecule has 24 heavy (non-hydrogen) atoms. The lowest BCUT2D eigenvalue weighted by molar-refractivity contribution is 0.295. The van der Waals surface area contributed by atoms with E-state index in [-0.39, 0.29) is 11.0 Å². The van der Waals surface area contributed by atoms with Gasteiger partial charge in [0.05, 0.1) is 0 Å². The Morgan fingerprint density at radius 2 is 0.875 bits per heavy atom. The molecule has 0 spiro atoms. The zero-order valence-corrected chi connectivity index (χ0v) is 18.4. The second-order valence-corrected chi connectivity index (χ2v) is 8.93. The van der Waals surface area contributed by atoms with Crippen molar-refractivity contribution in [3.8, 4) is 0 Å². The van der Waals surface area contributed by atoms with Crippen LogP contribution in [0.3, 0.4) is 0 Å². The second-order valence-electron chi connectivity index (χ2n) is 8.23. The first kappa shape index (κ1) is 26.5. The van der Waals surface area contributed by atoms with E-state index < -0.39 is 0 Å². The summed E-state index contributed by atoms with van der Waals surface area (Å²) in [6.45, 7) is 11.4. The van der Waals surface area contributed by atoms with Crippen LogP contribution in [0, 0.1) is 11.8 Å². The van der Waals surface area contributed by atoms with Crippen LogP contribution in [0.5, 0.6) is 0 Å². The lowest BCUT2D eigenvalue weighted by atomic mass is 9.80. The molecule has 148 valence electrons. The maximum absolute atomic E-state index is 6.85. The topological polar surface area (TPSA) is 35.0 Å². The zero-order chi connectivity index (χ0) is 17.6. The standard InChI is InChI=1S/C22H45Cl.H3N/c1-6-7-8-9-10-11-12-13-14-15-16-17-18-19-22(23,20(2)3)21(4)5;/h20-21H,6-19H2,1-5H3;1H3. The molecule has 0 unspecified atom stereocenters. The second kappa shape index (κ2) is 16.7. The molecular weight excluding hydrogens is 314 g/mol. The first-order valence-electron chi connectivity index (χ1n) is 10.6. The Bertz CT molecular complexity index is 242. The number of hydrogen-bond donors (Lipinski definition) is 1. The fourth-order valence-electron chi connectivity index (χ4n) is 3.66. The molecule has 2 heteroatoms. The Balaban J connectivity index is 0. The Kier molecular flexibility index (Phi) is 18.4. The van der Waals surface area contributed by atoms with Gasteiger partial charge in [-0.25, -0.2) is 0 Å². The van der Waals surface area contributed by atoms with Gasteiger partial charge in [0.2, 0.25) is 0 Å². The molecule has 0 atom stereocenters. The van der Waals surface area contributed by atoms with Crippen molar-refractivity contribution in [3.05, 3.63) is 0 Å². The minimum atomic E-state index is 0. The smallest absolute Gasteiger partial charge is 0.0492 e. The van der Waals surface area contributed by atoms with E-state index >= 15 is 0 Å². The first-order chi connectivity index (χ1) is 10.9. The minimum absolute atomic E-state index is 0. The Morgan fingerprint density at radius 1 is 0.583 bits per heavy atom. The van der Waals surface area contributed by atoms with E-state index in [9.17, 15) is 0 Å². The highest BCUT2D eigenvalue weighted by Gasteiger charge is 2.33. The van der Waals surface area contributed by atoms with Crippen LogP contribution in [0.4, 0.5) is 0 Å². The third-order valence-corrected chi connectivity index (χ3v) is 6.64. The number of halogens is 1. The number of rotatable bonds is 16. The molecule has 0 saturated heterocycles. The van der Waals surface area contributed by atoms with E-state index in [4.69, 9.17) is 11.6 Å². The van der Waals surface area contributed by atoms with Crippen molar-refractivity contribution in [2.75, 3.05) is 0 Å². The molecule has 0 aromatic carbocycles. The highest BCUT2D eigenvalue weighted by molar-refractivity contribution is 6.24. The van der Waals surface area contributed by atoms with Gasteiger partial charge in [-0.1, -0.05) is 118 Å². The molecule has 0 radical (unpaired) electrons. The molecule has 0 aromatic heterocycles. The molecule has 0 heterocycles. The molecule has 0 aliphatic heterocycles. The summed E-state index contributed by atoms with van der Waals surface area (Å²) in [4.78, 5) is 0.0117. The van der Waals surface area contributed by atoms with Crippen molar-refractivity contribution in [1.82, 2.24) is 6.15 Å². The molecule has 0 aliphatic rings. The van der Waals surface area contributed by atoms with E-state index in [1.54, 1.807) is 0 Å². The molecular formula is C22H48ClN. The Morgan fingerprint density at radius 3 is 1.17 bits per heavy atom. The van der Waals surface area contributed by atoms with Crippen LogP contribution in [-0.2, 0) is 0 Å². The van der Waals surface area contributed by atoms with Crippen LogP contribution in [0.25, 0.3) is 0 Å². The van der Waals surface area contributed by atoms with Crippen LogP contribution in [-0.4, -0.2) is 4.87 Å². The maximum atomic E-state index is 6.85. The fraction of sp³-hybridized carbons (Fsp3) is 1.00. The first-order valence-corrected chi connectivity index (χ1v) is 11.0. The summed E-state index contributed by atoms with van der Waals surface area (Å²) in [6, 6.07) is 0. The molecule has 0 aliphatic carbocycles. The Labute approximate surface area is 159 Å². The van der Waals surface area contributed by atoms with Gasteiger partial charge >= 0.3 is 0 Å². The monoisotopic (exact) mass is 361 g/mol. The van der Waals surface area contributed by atoms with Gasteiger partial charge in [-0.15, -0.1) is 11.6 Å². The lowest BCUT2D eigenvalue weighted by Gasteiger charge is -2.35. The van der Waals surface area contributed by atoms with Crippen LogP contribution in [0.1, 0.15) is 125 Å². The summed E-state index contributed by atoms with van der Waals surface area (Å²) in [6.07, 6.45) is 19.6. The number of alkyl halides is 1. The molecule has 0 amide bonds. The summed E-state index contributed by atoms with van der Waals surface area (Å²) in [5.41, 5.74) is 0. The summed E-state index contributed by atoms with van der Waals surface area (Å²) >= 11 is 6.85. The van der Waals surface area contributed by atoms with E-state index in [1.165, 1.54) is 89.9 Å². The molecule has 0 rings (SSSR count). The van der Waals surface area contributed by atoms with Gasteiger partial charge in [0.25, 0.3) is 0 Å². The average molecular weight is 362 g/mol. The van der Waals surface area contributed by atoms with Crippen LogP contribution in [0.15, 0.2) is 0 Å². The van der Waals surface area contributed by atoms with E-state index in [0.717, 1.165) is 0 Å². The van der Waals surface area contributed by atoms with Crippen molar-refractivity contribution in [1.29, 1.82) is 0 Å². The fourth-order valence-corrected chi connectivity index (χ4v) is 3.79. The van der Waals surface area contributed by atoms with Gasteiger partial charge in [0, 0.05) is 4.87 Å². The van der Waals surface area contributed by atoms with Gasteiger partial charge in [-0.2, -0.15) is 0 Å². The van der Waals surface area contributed by atoms with E-state index in [2.05, 4.69) is 34.6 Å². The van der Waals surface area contributed by atoms with Gasteiger partial charge in [-0.05, 0) is 18.3 Å². The molecule has 0 aromatic rings. The highest BCUT2D eigenvalue weighted by Crippen LogP contribution is 2.38. The predicted molar refractivity (Wildman–Crippen MR) is 114 cm³/mol. The van der Waals surface area contributed by atoms with Crippen molar-refractivity contribution in [2.24, 2.45) is 11.8 Å². The average Bonchev–Trinajstić information content (AvgIpc) is 2.51. The normalized spacial score (nSPS) is 12.0. The molecule has 3 N–H and O–H groups in total. The number of hydrogen-bond acceptors (Lipinski definition) is 1. The van der Waals surface area contributed by atoms with Crippen molar-refractivity contribution >= 4 is 11.6 Å². The Hall–Kier alpha value is 0.250. The molecule has 0 bridgehead atoms. The summed E-state index contributed by atoms with van der Waals surface area (Å²) in [7, 11) is 0. The predicted octanol–water partition coefficient (Wildman–Crippen LogP) is 8.92. The zero-order valence-electron chi connectivity index (χ0n) is 17.6. The molecule has 0 saturated carbocycles. The van der Waals surface area contributed by atoms with Gasteiger partial charge in [0.15, 0.2) is 0 Å². The van der Waals surface area contributed by atoms with Crippen LogP contribution < -0.4 is 6.15 Å². The van der Waals surface area contributed by atoms with Crippen molar-refractivity contribution < 1.29 is 0 Å². The van der Waals surface area contributed by atoms with Gasteiger partial charge in [-0.3, -0.25) is 0 Å². The third kappa shape index (κ3) is 12.6. The van der Waals surface area contributed by atoms with Crippen molar-refractivity contribution in [2.45, 2.75) is 129 Å². The SMILES string of the molecule is CCCCCCCCCCCCCCCC(Cl)(C(C)C)C(C)C.N. The largest absolute Gasteiger partial charge is 0.344 e. The van der Waals surface area contributed by atoms with E-state index in [1.807, 2.05) is 0 Å². The lowest BCUT2D eigenvalue weighted by Crippen LogP contribution is -2.34. The van der Waals surface area contributed by atoms with Crippen molar-refractivity contribution in [3.63, 3.8) is 0 Å². The van der Waals surface area contributed by atoms with Crippen LogP contribution >= 0.6 is 11.6 Å². The quantitative estimate of drug-likeness (QED) is 0.216.